The number of hydrogen-bond donors (Lipinski definition) is 2. The highest BCUT2D eigenvalue weighted by Gasteiger charge is 2.50. The molecule has 21 heavy (non-hydrogen) atoms. The number of benzene rings is 1. The lowest BCUT2D eigenvalue weighted by Gasteiger charge is -2.27. The van der Waals surface area contributed by atoms with Crippen LogP contribution in [0, 0.1) is 6.92 Å². The zero-order chi connectivity index (χ0) is 15.0. The predicted molar refractivity (Wildman–Crippen MR) is 85.1 cm³/mol. The van der Waals surface area contributed by atoms with Crippen molar-refractivity contribution in [3.05, 3.63) is 52.3 Å². The van der Waals surface area contributed by atoms with Gasteiger partial charge < -0.3 is 0 Å². The maximum absolute atomic E-state index is 6.38. The van der Waals surface area contributed by atoms with Crippen molar-refractivity contribution in [3.63, 3.8) is 0 Å². The van der Waals surface area contributed by atoms with Gasteiger partial charge in [-0.05, 0) is 25.3 Å². The number of hydrazine groups is 1. The van der Waals surface area contributed by atoms with E-state index in [-0.39, 0.29) is 11.5 Å². The summed E-state index contributed by atoms with van der Waals surface area (Å²) in [7, 11) is 1.93. The van der Waals surface area contributed by atoms with Gasteiger partial charge in [0.2, 0.25) is 0 Å². The zero-order valence-corrected chi connectivity index (χ0v) is 13.2. The maximum atomic E-state index is 6.38. The van der Waals surface area contributed by atoms with Crippen molar-refractivity contribution in [1.29, 1.82) is 0 Å². The summed E-state index contributed by atoms with van der Waals surface area (Å²) in [5.41, 5.74) is 6.40. The van der Waals surface area contributed by atoms with Gasteiger partial charge in [-0.25, -0.2) is 0 Å². The highest BCUT2D eigenvalue weighted by molar-refractivity contribution is 6.31. The first kappa shape index (κ1) is 14.6. The molecule has 5 heteroatoms. The van der Waals surface area contributed by atoms with Gasteiger partial charge in [0.25, 0.3) is 0 Å². The van der Waals surface area contributed by atoms with Crippen LogP contribution in [-0.4, -0.2) is 15.8 Å². The third-order valence-corrected chi connectivity index (χ3v) is 5.16. The van der Waals surface area contributed by atoms with Crippen LogP contribution < -0.4 is 11.3 Å². The average molecular weight is 305 g/mol. The maximum Gasteiger partial charge on any atom is 0.0847 e. The molecule has 0 bridgehead atoms. The molecule has 1 unspecified atom stereocenters. The van der Waals surface area contributed by atoms with Crippen LogP contribution >= 0.6 is 11.6 Å². The Balaban J connectivity index is 1.89. The number of halogens is 1. The summed E-state index contributed by atoms with van der Waals surface area (Å²) >= 11 is 6.38. The van der Waals surface area contributed by atoms with Gasteiger partial charge in [0.15, 0.2) is 0 Å². The lowest BCUT2D eigenvalue weighted by Crippen LogP contribution is -2.46. The van der Waals surface area contributed by atoms with E-state index in [0.29, 0.717) is 0 Å². The minimum absolute atomic E-state index is 0.123. The second-order valence-corrected chi connectivity index (χ2v) is 6.29. The number of aryl methyl sites for hydroxylation is 2. The predicted octanol–water partition coefficient (Wildman–Crippen LogP) is 2.49. The van der Waals surface area contributed by atoms with Gasteiger partial charge in [-0.3, -0.25) is 16.0 Å². The van der Waals surface area contributed by atoms with Gasteiger partial charge in [-0.1, -0.05) is 41.9 Å². The standard InChI is InChI=1S/C16H21ClN4/c1-11-15(17)13(21(2)20-11)10-14(19-18)16(8-9-16)12-6-4-3-5-7-12/h3-7,14,19H,8-10,18H2,1-2H3. The smallest absolute Gasteiger partial charge is 0.0847 e. The molecule has 3 rings (SSSR count). The summed E-state index contributed by atoms with van der Waals surface area (Å²) in [6, 6.07) is 10.8. The van der Waals surface area contributed by atoms with Crippen LogP contribution in [-0.2, 0) is 18.9 Å². The Bertz CT molecular complexity index is 631. The molecule has 1 aromatic carbocycles. The normalized spacial score (nSPS) is 17.7. The van der Waals surface area contributed by atoms with Crippen molar-refractivity contribution in [2.75, 3.05) is 0 Å². The van der Waals surface area contributed by atoms with Crippen molar-refractivity contribution in [3.8, 4) is 0 Å². The Labute approximate surface area is 130 Å². The fraction of sp³-hybridized carbons (Fsp3) is 0.438. The van der Waals surface area contributed by atoms with E-state index in [1.165, 1.54) is 5.56 Å². The van der Waals surface area contributed by atoms with Gasteiger partial charge in [0, 0.05) is 24.9 Å². The lowest BCUT2D eigenvalue weighted by atomic mass is 9.85. The first-order chi connectivity index (χ1) is 10.1. The second-order valence-electron chi connectivity index (χ2n) is 5.92. The number of rotatable bonds is 5. The van der Waals surface area contributed by atoms with E-state index >= 15 is 0 Å². The number of aromatic nitrogens is 2. The zero-order valence-electron chi connectivity index (χ0n) is 12.4. The van der Waals surface area contributed by atoms with Crippen molar-refractivity contribution in [1.82, 2.24) is 15.2 Å². The molecule has 1 saturated carbocycles. The third-order valence-electron chi connectivity index (χ3n) is 4.66. The Kier molecular flexibility index (Phi) is 3.78. The van der Waals surface area contributed by atoms with E-state index in [9.17, 15) is 0 Å². The van der Waals surface area contributed by atoms with Gasteiger partial charge in [0.1, 0.15) is 0 Å². The number of nitrogens with two attached hydrogens (primary N) is 1. The van der Waals surface area contributed by atoms with Crippen LogP contribution in [0.4, 0.5) is 0 Å². The molecule has 0 radical (unpaired) electrons. The number of nitrogens with zero attached hydrogens (tertiary/aromatic N) is 2. The van der Waals surface area contributed by atoms with Gasteiger partial charge >= 0.3 is 0 Å². The second kappa shape index (κ2) is 5.44. The lowest BCUT2D eigenvalue weighted by molar-refractivity contribution is 0.412. The summed E-state index contributed by atoms with van der Waals surface area (Å²) < 4.78 is 1.86. The molecule has 0 amide bonds. The molecule has 2 aromatic rings. The number of nitrogens with one attached hydrogen (secondary N) is 1. The Morgan fingerprint density at radius 3 is 2.52 bits per heavy atom. The minimum atomic E-state index is 0.123. The first-order valence-corrected chi connectivity index (χ1v) is 7.66. The molecule has 1 fully saturated rings. The Morgan fingerprint density at radius 2 is 2.05 bits per heavy atom. The molecule has 1 aliphatic carbocycles. The van der Waals surface area contributed by atoms with E-state index in [1.54, 1.807) is 0 Å². The van der Waals surface area contributed by atoms with E-state index < -0.39 is 0 Å². The minimum Gasteiger partial charge on any atom is -0.271 e. The molecule has 3 N–H and O–H groups in total. The van der Waals surface area contributed by atoms with Gasteiger partial charge in [0.05, 0.1) is 16.4 Å². The van der Waals surface area contributed by atoms with Crippen LogP contribution in [0.25, 0.3) is 0 Å². The largest absolute Gasteiger partial charge is 0.271 e. The van der Waals surface area contributed by atoms with E-state index in [1.807, 2.05) is 24.7 Å². The topological polar surface area (TPSA) is 55.9 Å². The molecule has 4 nitrogen and oxygen atoms in total. The van der Waals surface area contributed by atoms with Crippen molar-refractivity contribution in [2.24, 2.45) is 12.9 Å². The van der Waals surface area contributed by atoms with Crippen LogP contribution in [0.5, 0.6) is 0 Å². The summed E-state index contributed by atoms with van der Waals surface area (Å²) in [4.78, 5) is 0. The highest BCUT2D eigenvalue weighted by Crippen LogP contribution is 2.51. The average Bonchev–Trinajstić information content (AvgIpc) is 3.25. The number of hydrogen-bond acceptors (Lipinski definition) is 3. The molecule has 0 aliphatic heterocycles. The summed E-state index contributed by atoms with van der Waals surface area (Å²) in [5.74, 6) is 5.87. The Morgan fingerprint density at radius 1 is 1.38 bits per heavy atom. The quantitative estimate of drug-likeness (QED) is 0.659. The molecule has 112 valence electrons. The van der Waals surface area contributed by atoms with Crippen molar-refractivity contribution in [2.45, 2.75) is 37.6 Å². The monoisotopic (exact) mass is 304 g/mol. The summed E-state index contributed by atoms with van der Waals surface area (Å²) in [6.45, 7) is 1.93. The van der Waals surface area contributed by atoms with Crippen LogP contribution in [0.15, 0.2) is 30.3 Å². The molecule has 0 saturated heterocycles. The third kappa shape index (κ3) is 2.48. The summed E-state index contributed by atoms with van der Waals surface area (Å²) in [6.07, 6.45) is 3.09. The van der Waals surface area contributed by atoms with E-state index in [0.717, 1.165) is 35.7 Å². The molecule has 1 heterocycles. The SMILES string of the molecule is Cc1nn(C)c(CC(NN)C2(c3ccccc3)CC2)c1Cl. The Hall–Kier alpha value is -1.36. The van der Waals surface area contributed by atoms with Crippen molar-refractivity contribution < 1.29 is 0 Å². The molecular formula is C16H21ClN4. The summed E-state index contributed by atoms with van der Waals surface area (Å²) in [5, 5.41) is 5.14. The van der Waals surface area contributed by atoms with Crippen LogP contribution in [0.1, 0.15) is 29.8 Å². The fourth-order valence-electron chi connectivity index (χ4n) is 3.25. The van der Waals surface area contributed by atoms with E-state index in [4.69, 9.17) is 17.4 Å². The first-order valence-electron chi connectivity index (χ1n) is 7.28. The highest BCUT2D eigenvalue weighted by atomic mass is 35.5. The van der Waals surface area contributed by atoms with Crippen molar-refractivity contribution >= 4 is 11.6 Å². The van der Waals surface area contributed by atoms with Crippen LogP contribution in [0.3, 0.4) is 0 Å². The van der Waals surface area contributed by atoms with Gasteiger partial charge in [-0.2, -0.15) is 5.10 Å². The molecule has 1 aromatic heterocycles. The fourth-order valence-corrected chi connectivity index (χ4v) is 3.49. The molecule has 0 spiro atoms. The van der Waals surface area contributed by atoms with E-state index in [2.05, 4.69) is 34.8 Å². The van der Waals surface area contributed by atoms with Crippen LogP contribution in [0.2, 0.25) is 5.02 Å². The molecule has 1 aliphatic rings. The van der Waals surface area contributed by atoms with Gasteiger partial charge in [-0.15, -0.1) is 0 Å². The molecule has 1 atom stereocenters. The molecular weight excluding hydrogens is 284 g/mol.